The Balaban J connectivity index is 1.39. The van der Waals surface area contributed by atoms with E-state index in [1.54, 1.807) is 25.3 Å². The van der Waals surface area contributed by atoms with E-state index >= 15 is 0 Å². The number of hydrogen-bond acceptors (Lipinski definition) is 7. The fourth-order valence-electron chi connectivity index (χ4n) is 4.12. The number of aromatic nitrogens is 2. The number of carboxylic acids is 1. The third-order valence-corrected chi connectivity index (χ3v) is 6.10. The molecule has 0 unspecified atom stereocenters. The molecule has 0 atom stereocenters. The second kappa shape index (κ2) is 11.0. The lowest BCUT2D eigenvalue weighted by atomic mass is 9.97. The SMILES string of the molecule is COc1cccc(CNC(=O)c2nc3cccc(OCCN4CCC(C(=O)O)CC4)c3c(=O)[nH]2)c1. The van der Waals surface area contributed by atoms with Gasteiger partial charge in [-0.25, -0.2) is 4.98 Å². The number of amides is 1. The number of piperidine rings is 1. The van der Waals surface area contributed by atoms with Crippen LogP contribution in [0.4, 0.5) is 0 Å². The number of methoxy groups -OCH3 is 1. The minimum Gasteiger partial charge on any atom is -0.497 e. The largest absolute Gasteiger partial charge is 0.497 e. The lowest BCUT2D eigenvalue weighted by Gasteiger charge is -2.29. The third kappa shape index (κ3) is 5.96. The molecule has 10 heteroatoms. The summed E-state index contributed by atoms with van der Waals surface area (Å²) in [5.74, 6) is -0.522. The van der Waals surface area contributed by atoms with E-state index in [9.17, 15) is 14.4 Å². The lowest BCUT2D eigenvalue weighted by Crippen LogP contribution is -2.38. The fraction of sp³-hybridized carbons (Fsp3) is 0.360. The van der Waals surface area contributed by atoms with E-state index in [1.165, 1.54) is 0 Å². The van der Waals surface area contributed by atoms with Crippen molar-refractivity contribution in [1.29, 1.82) is 0 Å². The molecule has 0 spiro atoms. The maximum atomic E-state index is 12.8. The number of carbonyl (C=O) groups excluding carboxylic acids is 1. The molecule has 0 bridgehead atoms. The highest BCUT2D eigenvalue weighted by atomic mass is 16.5. The highest BCUT2D eigenvalue weighted by Crippen LogP contribution is 2.22. The van der Waals surface area contributed by atoms with E-state index in [4.69, 9.17) is 14.6 Å². The first-order valence-corrected chi connectivity index (χ1v) is 11.5. The molecule has 0 aliphatic carbocycles. The third-order valence-electron chi connectivity index (χ3n) is 6.10. The first-order valence-electron chi connectivity index (χ1n) is 11.5. The molecular weight excluding hydrogens is 452 g/mol. The zero-order chi connectivity index (χ0) is 24.8. The van der Waals surface area contributed by atoms with Crippen molar-refractivity contribution in [3.8, 4) is 11.5 Å². The zero-order valence-corrected chi connectivity index (χ0v) is 19.5. The minimum atomic E-state index is -0.739. The second-order valence-corrected chi connectivity index (χ2v) is 8.40. The van der Waals surface area contributed by atoms with Crippen LogP contribution in [0.15, 0.2) is 47.3 Å². The van der Waals surface area contributed by atoms with E-state index in [2.05, 4.69) is 20.2 Å². The quantitative estimate of drug-likeness (QED) is 0.424. The van der Waals surface area contributed by atoms with Gasteiger partial charge in [-0.1, -0.05) is 18.2 Å². The molecule has 3 aromatic rings. The Morgan fingerprint density at radius 1 is 1.20 bits per heavy atom. The second-order valence-electron chi connectivity index (χ2n) is 8.40. The molecule has 184 valence electrons. The first-order chi connectivity index (χ1) is 16.9. The van der Waals surface area contributed by atoms with Crippen LogP contribution in [0.25, 0.3) is 10.9 Å². The van der Waals surface area contributed by atoms with Gasteiger partial charge in [0.1, 0.15) is 23.5 Å². The van der Waals surface area contributed by atoms with Crippen LogP contribution in [0.2, 0.25) is 0 Å². The van der Waals surface area contributed by atoms with Crippen LogP contribution in [0.3, 0.4) is 0 Å². The van der Waals surface area contributed by atoms with Crippen molar-refractivity contribution in [2.45, 2.75) is 19.4 Å². The summed E-state index contributed by atoms with van der Waals surface area (Å²) < 4.78 is 11.1. The molecule has 0 saturated carbocycles. The van der Waals surface area contributed by atoms with Gasteiger partial charge in [0, 0.05) is 13.1 Å². The number of fused-ring (bicyclic) bond motifs is 1. The summed E-state index contributed by atoms with van der Waals surface area (Å²) in [6, 6.07) is 12.4. The van der Waals surface area contributed by atoms with Gasteiger partial charge in [-0.3, -0.25) is 19.3 Å². The number of nitrogens with zero attached hydrogens (tertiary/aromatic N) is 2. The number of aliphatic carboxylic acids is 1. The van der Waals surface area contributed by atoms with Gasteiger partial charge >= 0.3 is 5.97 Å². The van der Waals surface area contributed by atoms with E-state index in [0.29, 0.717) is 56.1 Å². The van der Waals surface area contributed by atoms with Crippen LogP contribution < -0.4 is 20.3 Å². The number of ether oxygens (including phenoxy) is 2. The maximum absolute atomic E-state index is 12.8. The van der Waals surface area contributed by atoms with Gasteiger partial charge < -0.3 is 24.9 Å². The number of carboxylic acid groups (broad SMARTS) is 1. The van der Waals surface area contributed by atoms with E-state index in [-0.39, 0.29) is 23.7 Å². The normalized spacial score (nSPS) is 14.5. The van der Waals surface area contributed by atoms with Crippen molar-refractivity contribution in [3.05, 3.63) is 64.2 Å². The van der Waals surface area contributed by atoms with Crippen molar-refractivity contribution in [3.63, 3.8) is 0 Å². The van der Waals surface area contributed by atoms with Crippen LogP contribution in [0, 0.1) is 5.92 Å². The Morgan fingerprint density at radius 3 is 2.71 bits per heavy atom. The Hall–Kier alpha value is -3.92. The smallest absolute Gasteiger partial charge is 0.306 e. The fourth-order valence-corrected chi connectivity index (χ4v) is 4.12. The van der Waals surface area contributed by atoms with Crippen LogP contribution in [0.1, 0.15) is 29.0 Å². The molecule has 35 heavy (non-hydrogen) atoms. The average Bonchev–Trinajstić information content (AvgIpc) is 2.87. The molecule has 1 aliphatic rings. The summed E-state index contributed by atoms with van der Waals surface area (Å²) in [5, 5.41) is 12.2. The molecule has 2 heterocycles. The minimum absolute atomic E-state index is 0.0798. The Labute approximate surface area is 201 Å². The van der Waals surface area contributed by atoms with Gasteiger partial charge in [-0.05, 0) is 55.8 Å². The standard InChI is InChI=1S/C25H28N4O6/c1-34-18-5-2-4-16(14-18)15-26-24(31)22-27-19-6-3-7-20(21(19)23(30)28-22)35-13-12-29-10-8-17(9-11-29)25(32)33/h2-7,14,17H,8-13,15H2,1H3,(H,26,31)(H,32,33)(H,27,28,30). The van der Waals surface area contributed by atoms with Gasteiger partial charge in [-0.2, -0.15) is 0 Å². The van der Waals surface area contributed by atoms with Crippen molar-refractivity contribution in [1.82, 2.24) is 20.2 Å². The van der Waals surface area contributed by atoms with E-state index < -0.39 is 17.4 Å². The van der Waals surface area contributed by atoms with Crippen molar-refractivity contribution >= 4 is 22.8 Å². The van der Waals surface area contributed by atoms with Crippen LogP contribution >= 0.6 is 0 Å². The van der Waals surface area contributed by atoms with Crippen molar-refractivity contribution in [2.75, 3.05) is 33.4 Å². The van der Waals surface area contributed by atoms with Gasteiger partial charge in [0.15, 0.2) is 5.82 Å². The molecule has 1 aromatic heterocycles. The first kappa shape index (κ1) is 24.2. The Bertz CT molecular complexity index is 1270. The topological polar surface area (TPSA) is 134 Å². The molecular formula is C25H28N4O6. The molecule has 0 radical (unpaired) electrons. The highest BCUT2D eigenvalue weighted by Gasteiger charge is 2.24. The van der Waals surface area contributed by atoms with Crippen LogP contribution in [-0.4, -0.2) is 65.2 Å². The predicted molar refractivity (Wildman–Crippen MR) is 129 cm³/mol. The summed E-state index contributed by atoms with van der Waals surface area (Å²) in [6.45, 7) is 2.63. The summed E-state index contributed by atoms with van der Waals surface area (Å²) in [4.78, 5) is 45.6. The number of aromatic amines is 1. The zero-order valence-electron chi connectivity index (χ0n) is 19.5. The van der Waals surface area contributed by atoms with Gasteiger partial charge in [0.2, 0.25) is 0 Å². The Morgan fingerprint density at radius 2 is 1.97 bits per heavy atom. The molecule has 1 aliphatic heterocycles. The number of hydrogen-bond donors (Lipinski definition) is 3. The predicted octanol–water partition coefficient (Wildman–Crippen LogP) is 2.04. The molecule has 3 N–H and O–H groups in total. The molecule has 2 aromatic carbocycles. The number of rotatable bonds is 9. The monoisotopic (exact) mass is 480 g/mol. The summed E-state index contributed by atoms with van der Waals surface area (Å²) in [6.07, 6.45) is 1.24. The summed E-state index contributed by atoms with van der Waals surface area (Å²) in [5.41, 5.74) is 0.753. The maximum Gasteiger partial charge on any atom is 0.306 e. The van der Waals surface area contributed by atoms with Gasteiger partial charge in [0.25, 0.3) is 11.5 Å². The van der Waals surface area contributed by atoms with Crippen molar-refractivity contribution < 1.29 is 24.2 Å². The van der Waals surface area contributed by atoms with Crippen LogP contribution in [-0.2, 0) is 11.3 Å². The number of benzene rings is 2. The number of likely N-dealkylation sites (tertiary alicyclic amines) is 1. The highest BCUT2D eigenvalue weighted by molar-refractivity contribution is 5.93. The summed E-state index contributed by atoms with van der Waals surface area (Å²) >= 11 is 0. The average molecular weight is 481 g/mol. The molecule has 1 fully saturated rings. The van der Waals surface area contributed by atoms with Gasteiger partial charge in [0.05, 0.1) is 18.5 Å². The van der Waals surface area contributed by atoms with Gasteiger partial charge in [-0.15, -0.1) is 0 Å². The Kier molecular flexibility index (Phi) is 7.61. The molecule has 1 saturated heterocycles. The lowest BCUT2D eigenvalue weighted by molar-refractivity contribution is -0.143. The number of H-pyrrole nitrogens is 1. The number of nitrogens with one attached hydrogen (secondary N) is 2. The molecule has 1 amide bonds. The van der Waals surface area contributed by atoms with E-state index in [1.807, 2.05) is 24.3 Å². The van der Waals surface area contributed by atoms with E-state index in [0.717, 1.165) is 5.56 Å². The molecule has 4 rings (SSSR count). The summed E-state index contributed by atoms with van der Waals surface area (Å²) in [7, 11) is 1.57. The molecule has 10 nitrogen and oxygen atoms in total. The number of carbonyl (C=O) groups is 2. The van der Waals surface area contributed by atoms with Crippen molar-refractivity contribution in [2.24, 2.45) is 5.92 Å². The van der Waals surface area contributed by atoms with Crippen LogP contribution in [0.5, 0.6) is 11.5 Å².